The zero-order valence-corrected chi connectivity index (χ0v) is 12.7. The van der Waals surface area contributed by atoms with Crippen molar-refractivity contribution in [3.05, 3.63) is 33.8 Å². The Hall–Kier alpha value is -1.69. The second-order valence-electron chi connectivity index (χ2n) is 5.87. The van der Waals surface area contributed by atoms with Crippen LogP contribution in [0.1, 0.15) is 41.3 Å². The zero-order valence-electron chi connectivity index (χ0n) is 11.9. The quantitative estimate of drug-likeness (QED) is 0.870. The monoisotopic (exact) mass is 302 g/mol. The van der Waals surface area contributed by atoms with Crippen LogP contribution in [0.3, 0.4) is 0 Å². The first kappa shape index (κ1) is 13.0. The summed E-state index contributed by atoms with van der Waals surface area (Å²) in [7, 11) is 0. The van der Waals surface area contributed by atoms with Crippen LogP contribution in [0.2, 0.25) is 0 Å². The van der Waals surface area contributed by atoms with Crippen LogP contribution < -0.4 is 0 Å². The van der Waals surface area contributed by atoms with Gasteiger partial charge in [0.1, 0.15) is 0 Å². The van der Waals surface area contributed by atoms with E-state index < -0.39 is 0 Å². The molecular formula is C15H18N4OS. The molecule has 2 aromatic heterocycles. The number of thiophene rings is 1. The Morgan fingerprint density at radius 3 is 3.19 bits per heavy atom. The first-order chi connectivity index (χ1) is 10.3. The second kappa shape index (κ2) is 5.26. The summed E-state index contributed by atoms with van der Waals surface area (Å²) >= 11 is 1.80. The summed E-state index contributed by atoms with van der Waals surface area (Å²) in [6, 6.07) is 2.14. The van der Waals surface area contributed by atoms with E-state index in [1.54, 1.807) is 11.3 Å². The Labute approximate surface area is 127 Å². The average molecular weight is 302 g/mol. The normalized spacial score (nSPS) is 17.8. The lowest BCUT2D eigenvalue weighted by Crippen LogP contribution is -2.35. The van der Waals surface area contributed by atoms with Crippen LogP contribution in [0, 0.1) is 0 Å². The zero-order chi connectivity index (χ0) is 14.2. The summed E-state index contributed by atoms with van der Waals surface area (Å²) in [5.74, 6) is 0.837. The minimum absolute atomic E-state index is 0.218. The fourth-order valence-electron chi connectivity index (χ4n) is 2.82. The van der Waals surface area contributed by atoms with E-state index in [1.165, 1.54) is 23.3 Å². The van der Waals surface area contributed by atoms with E-state index in [-0.39, 0.29) is 5.91 Å². The van der Waals surface area contributed by atoms with Gasteiger partial charge in [0, 0.05) is 36.5 Å². The molecule has 6 heteroatoms. The van der Waals surface area contributed by atoms with E-state index in [9.17, 15) is 4.79 Å². The van der Waals surface area contributed by atoms with Gasteiger partial charge in [-0.25, -0.2) is 0 Å². The van der Waals surface area contributed by atoms with Gasteiger partial charge >= 0.3 is 0 Å². The number of amides is 1. The van der Waals surface area contributed by atoms with Gasteiger partial charge in [-0.05, 0) is 36.3 Å². The summed E-state index contributed by atoms with van der Waals surface area (Å²) in [5, 5.41) is 10.4. The Kier molecular flexibility index (Phi) is 3.25. The van der Waals surface area contributed by atoms with Gasteiger partial charge in [-0.2, -0.15) is 0 Å². The van der Waals surface area contributed by atoms with Crippen molar-refractivity contribution in [2.24, 2.45) is 0 Å². The van der Waals surface area contributed by atoms with Crippen molar-refractivity contribution in [2.45, 2.75) is 44.7 Å². The summed E-state index contributed by atoms with van der Waals surface area (Å²) in [4.78, 5) is 15.7. The van der Waals surface area contributed by atoms with Crippen LogP contribution in [0.15, 0.2) is 17.6 Å². The predicted octanol–water partition coefficient (Wildman–Crippen LogP) is 2.19. The Morgan fingerprint density at radius 1 is 1.43 bits per heavy atom. The minimum Gasteiger partial charge on any atom is -0.338 e. The highest BCUT2D eigenvalue weighted by Crippen LogP contribution is 2.38. The maximum absolute atomic E-state index is 12.3. The summed E-state index contributed by atoms with van der Waals surface area (Å²) in [6.07, 6.45) is 5.96. The SMILES string of the molecule is O=C(CCn1cc(C2CC2)nn1)N1CCc2sccc2C1. The topological polar surface area (TPSA) is 51.0 Å². The highest BCUT2D eigenvalue weighted by Gasteiger charge is 2.26. The molecule has 2 aromatic rings. The van der Waals surface area contributed by atoms with Gasteiger partial charge in [0.2, 0.25) is 5.91 Å². The number of rotatable bonds is 4. The standard InChI is InChI=1S/C15H18N4OS/c20-15(18-6-3-14-12(9-18)5-8-21-14)4-7-19-10-13(16-17-19)11-1-2-11/h5,8,10-11H,1-4,6-7,9H2. The molecule has 1 aliphatic heterocycles. The van der Waals surface area contributed by atoms with Crippen molar-refractivity contribution in [2.75, 3.05) is 6.54 Å². The summed E-state index contributed by atoms with van der Waals surface area (Å²) in [6.45, 7) is 2.24. The Morgan fingerprint density at radius 2 is 2.33 bits per heavy atom. The van der Waals surface area contributed by atoms with E-state index in [4.69, 9.17) is 0 Å². The van der Waals surface area contributed by atoms with Gasteiger partial charge in [0.05, 0.1) is 12.2 Å². The average Bonchev–Trinajstić information content (AvgIpc) is 3.07. The second-order valence-corrected chi connectivity index (χ2v) is 6.87. The molecule has 4 rings (SSSR count). The maximum Gasteiger partial charge on any atom is 0.224 e. The molecule has 0 spiro atoms. The first-order valence-corrected chi connectivity index (χ1v) is 8.40. The lowest BCUT2D eigenvalue weighted by atomic mass is 10.1. The molecule has 0 bridgehead atoms. The molecule has 0 unspecified atom stereocenters. The Balaban J connectivity index is 1.33. The number of carbonyl (C=O) groups excluding carboxylic acids is 1. The van der Waals surface area contributed by atoms with Crippen molar-refractivity contribution >= 4 is 17.2 Å². The molecule has 1 amide bonds. The summed E-state index contributed by atoms with van der Waals surface area (Å²) in [5.41, 5.74) is 2.40. The van der Waals surface area contributed by atoms with Gasteiger partial charge in [-0.1, -0.05) is 5.21 Å². The number of nitrogens with zero attached hydrogens (tertiary/aromatic N) is 4. The van der Waals surface area contributed by atoms with E-state index in [0.29, 0.717) is 18.9 Å². The number of carbonyl (C=O) groups is 1. The van der Waals surface area contributed by atoms with E-state index >= 15 is 0 Å². The fraction of sp³-hybridized carbons (Fsp3) is 0.533. The number of aromatic nitrogens is 3. The predicted molar refractivity (Wildman–Crippen MR) is 80.1 cm³/mol. The van der Waals surface area contributed by atoms with Crippen molar-refractivity contribution in [1.82, 2.24) is 19.9 Å². The molecule has 1 saturated carbocycles. The maximum atomic E-state index is 12.3. The number of fused-ring (bicyclic) bond motifs is 1. The third-order valence-electron chi connectivity index (χ3n) is 4.27. The molecule has 0 N–H and O–H groups in total. The first-order valence-electron chi connectivity index (χ1n) is 7.52. The lowest BCUT2D eigenvalue weighted by molar-refractivity contribution is -0.132. The fourth-order valence-corrected chi connectivity index (χ4v) is 3.71. The van der Waals surface area contributed by atoms with Crippen LogP contribution in [0.5, 0.6) is 0 Å². The van der Waals surface area contributed by atoms with Crippen LogP contribution in [-0.2, 0) is 24.3 Å². The third-order valence-corrected chi connectivity index (χ3v) is 5.29. The largest absolute Gasteiger partial charge is 0.338 e. The molecule has 5 nitrogen and oxygen atoms in total. The molecule has 110 valence electrons. The van der Waals surface area contributed by atoms with Crippen molar-refractivity contribution in [3.63, 3.8) is 0 Å². The molecule has 1 fully saturated rings. The summed E-state index contributed by atoms with van der Waals surface area (Å²) < 4.78 is 1.81. The molecule has 1 aliphatic carbocycles. The van der Waals surface area contributed by atoms with Crippen molar-refractivity contribution in [1.29, 1.82) is 0 Å². The van der Waals surface area contributed by atoms with Gasteiger partial charge < -0.3 is 4.90 Å². The number of aryl methyl sites for hydroxylation is 1. The van der Waals surface area contributed by atoms with E-state index in [0.717, 1.165) is 25.2 Å². The highest BCUT2D eigenvalue weighted by molar-refractivity contribution is 7.10. The van der Waals surface area contributed by atoms with E-state index in [1.807, 2.05) is 15.8 Å². The van der Waals surface area contributed by atoms with Gasteiger partial charge in [-0.3, -0.25) is 9.48 Å². The van der Waals surface area contributed by atoms with Crippen LogP contribution in [-0.4, -0.2) is 32.3 Å². The van der Waals surface area contributed by atoms with Crippen molar-refractivity contribution in [3.8, 4) is 0 Å². The smallest absolute Gasteiger partial charge is 0.224 e. The van der Waals surface area contributed by atoms with Crippen LogP contribution in [0.4, 0.5) is 0 Å². The Bertz CT molecular complexity index is 658. The number of hydrogen-bond donors (Lipinski definition) is 0. The van der Waals surface area contributed by atoms with Crippen LogP contribution >= 0.6 is 11.3 Å². The molecule has 0 radical (unpaired) electrons. The lowest BCUT2D eigenvalue weighted by Gasteiger charge is -2.27. The number of hydrogen-bond acceptors (Lipinski definition) is 4. The highest BCUT2D eigenvalue weighted by atomic mass is 32.1. The minimum atomic E-state index is 0.218. The molecular weight excluding hydrogens is 284 g/mol. The van der Waals surface area contributed by atoms with E-state index in [2.05, 4.69) is 21.8 Å². The van der Waals surface area contributed by atoms with Gasteiger partial charge in [0.15, 0.2) is 0 Å². The molecule has 3 heterocycles. The van der Waals surface area contributed by atoms with Gasteiger partial charge in [-0.15, -0.1) is 16.4 Å². The molecule has 2 aliphatic rings. The molecule has 0 saturated heterocycles. The molecule has 0 aromatic carbocycles. The van der Waals surface area contributed by atoms with Crippen LogP contribution in [0.25, 0.3) is 0 Å². The van der Waals surface area contributed by atoms with Gasteiger partial charge in [0.25, 0.3) is 0 Å². The van der Waals surface area contributed by atoms with Crippen molar-refractivity contribution < 1.29 is 4.79 Å². The third kappa shape index (κ3) is 2.72. The molecule has 21 heavy (non-hydrogen) atoms. The molecule has 0 atom stereocenters.